The second-order valence-corrected chi connectivity index (χ2v) is 4.89. The van der Waals surface area contributed by atoms with Crippen molar-refractivity contribution in [1.29, 1.82) is 0 Å². The predicted octanol–water partition coefficient (Wildman–Crippen LogP) is 0.629. The zero-order valence-electron chi connectivity index (χ0n) is 9.94. The first-order valence-corrected chi connectivity index (χ1v) is 6.76. The van der Waals surface area contributed by atoms with Gasteiger partial charge in [0.15, 0.2) is 0 Å². The molecule has 0 aliphatic rings. The fourth-order valence-corrected chi connectivity index (χ4v) is 2.37. The highest BCUT2D eigenvalue weighted by molar-refractivity contribution is 7.07. The van der Waals surface area contributed by atoms with Crippen LogP contribution < -0.4 is 5.32 Å². The molecule has 0 saturated heterocycles. The summed E-state index contributed by atoms with van der Waals surface area (Å²) in [7, 11) is 0. The van der Waals surface area contributed by atoms with Gasteiger partial charge in [0.05, 0.1) is 18.8 Å². The predicted molar refractivity (Wildman–Crippen MR) is 70.4 cm³/mol. The molecule has 2 atom stereocenters. The maximum absolute atomic E-state index is 9.82. The van der Waals surface area contributed by atoms with Crippen molar-refractivity contribution in [2.75, 3.05) is 13.1 Å². The maximum atomic E-state index is 9.82. The van der Waals surface area contributed by atoms with Gasteiger partial charge in [-0.15, -0.1) is 0 Å². The van der Waals surface area contributed by atoms with E-state index in [1.54, 1.807) is 22.2 Å². The number of hydrogen-bond acceptors (Lipinski definition) is 5. The molecule has 0 amide bonds. The van der Waals surface area contributed by atoms with Gasteiger partial charge in [-0.25, -0.2) is 0 Å². The lowest BCUT2D eigenvalue weighted by atomic mass is 10.2. The van der Waals surface area contributed by atoms with E-state index in [1.165, 1.54) is 0 Å². The summed E-state index contributed by atoms with van der Waals surface area (Å²) in [6.07, 6.45) is 2.46. The van der Waals surface area contributed by atoms with Crippen molar-refractivity contribution in [3.05, 3.63) is 40.8 Å². The summed E-state index contributed by atoms with van der Waals surface area (Å²) >= 11 is 1.56. The van der Waals surface area contributed by atoms with Gasteiger partial charge in [0.1, 0.15) is 0 Å². The minimum atomic E-state index is -0.520. The number of aliphatic hydroxyl groups excluding tert-OH is 2. The Morgan fingerprint density at radius 2 is 2.28 bits per heavy atom. The van der Waals surface area contributed by atoms with E-state index in [0.29, 0.717) is 19.6 Å². The summed E-state index contributed by atoms with van der Waals surface area (Å²) in [6, 6.07) is 3.72. The quantitative estimate of drug-likeness (QED) is 0.688. The molecule has 2 heterocycles. The molecular formula is C12H17N3O2S. The summed E-state index contributed by atoms with van der Waals surface area (Å²) in [6.45, 7) is 1.32. The molecule has 6 heteroatoms. The van der Waals surface area contributed by atoms with Crippen LogP contribution >= 0.6 is 11.3 Å². The van der Waals surface area contributed by atoms with Crippen molar-refractivity contribution in [2.45, 2.75) is 18.8 Å². The van der Waals surface area contributed by atoms with Crippen molar-refractivity contribution in [3.63, 3.8) is 0 Å². The number of hydrogen-bond donors (Lipinski definition) is 3. The molecule has 2 rings (SSSR count). The minimum Gasteiger partial charge on any atom is -0.390 e. The van der Waals surface area contributed by atoms with Crippen LogP contribution in [-0.2, 0) is 6.54 Å². The van der Waals surface area contributed by atoms with E-state index < -0.39 is 12.2 Å². The number of thiophene rings is 1. The Labute approximate surface area is 110 Å². The Morgan fingerprint density at radius 3 is 2.94 bits per heavy atom. The molecule has 0 fully saturated rings. The smallest absolute Gasteiger partial charge is 0.0922 e. The molecule has 0 saturated carbocycles. The van der Waals surface area contributed by atoms with Crippen LogP contribution in [0.25, 0.3) is 0 Å². The molecule has 3 N–H and O–H groups in total. The van der Waals surface area contributed by atoms with E-state index in [0.717, 1.165) is 5.56 Å². The third kappa shape index (κ3) is 3.92. The van der Waals surface area contributed by atoms with Gasteiger partial charge in [0, 0.05) is 25.5 Å². The SMILES string of the molecule is OC(CNCC(O)c1ccsc1)Cn1cccn1. The lowest BCUT2D eigenvalue weighted by Gasteiger charge is -2.14. The van der Waals surface area contributed by atoms with Gasteiger partial charge in [-0.3, -0.25) is 4.68 Å². The van der Waals surface area contributed by atoms with Gasteiger partial charge >= 0.3 is 0 Å². The highest BCUT2D eigenvalue weighted by atomic mass is 32.1. The second kappa shape index (κ2) is 6.65. The molecular weight excluding hydrogens is 250 g/mol. The standard InChI is InChI=1S/C12H17N3O2S/c16-11(8-15-4-1-3-14-15)6-13-7-12(17)10-2-5-18-9-10/h1-5,9,11-13,16-17H,6-8H2. The molecule has 2 aromatic heterocycles. The highest BCUT2D eigenvalue weighted by Gasteiger charge is 2.09. The number of nitrogens with one attached hydrogen (secondary N) is 1. The van der Waals surface area contributed by atoms with Crippen LogP contribution in [0.4, 0.5) is 0 Å². The number of aromatic nitrogens is 2. The molecule has 0 radical (unpaired) electrons. The van der Waals surface area contributed by atoms with Crippen LogP contribution in [0.3, 0.4) is 0 Å². The Bertz CT molecular complexity index is 430. The Kier molecular flexibility index (Phi) is 4.89. The van der Waals surface area contributed by atoms with E-state index in [2.05, 4.69) is 10.4 Å². The number of nitrogens with zero attached hydrogens (tertiary/aromatic N) is 2. The molecule has 2 unspecified atom stereocenters. The average molecular weight is 267 g/mol. The molecule has 0 aliphatic carbocycles. The number of aliphatic hydroxyl groups is 2. The van der Waals surface area contributed by atoms with Crippen molar-refractivity contribution >= 4 is 11.3 Å². The van der Waals surface area contributed by atoms with Gasteiger partial charge in [-0.1, -0.05) is 0 Å². The molecule has 2 aromatic rings. The number of rotatable bonds is 7. The molecule has 0 spiro atoms. The van der Waals surface area contributed by atoms with Crippen molar-refractivity contribution < 1.29 is 10.2 Å². The van der Waals surface area contributed by atoms with Crippen LogP contribution in [-0.4, -0.2) is 39.2 Å². The summed E-state index contributed by atoms with van der Waals surface area (Å²) in [5.41, 5.74) is 0.911. The van der Waals surface area contributed by atoms with Crippen molar-refractivity contribution in [2.24, 2.45) is 0 Å². The van der Waals surface area contributed by atoms with Gasteiger partial charge in [0.2, 0.25) is 0 Å². The van der Waals surface area contributed by atoms with Crippen molar-refractivity contribution in [3.8, 4) is 0 Å². The summed E-state index contributed by atoms with van der Waals surface area (Å²) in [5, 5.41) is 30.5. The van der Waals surface area contributed by atoms with Crippen LogP contribution in [0, 0.1) is 0 Å². The first kappa shape index (κ1) is 13.2. The summed E-state index contributed by atoms with van der Waals surface area (Å²) in [5.74, 6) is 0. The van der Waals surface area contributed by atoms with Gasteiger partial charge in [0.25, 0.3) is 0 Å². The van der Waals surface area contributed by atoms with E-state index in [4.69, 9.17) is 0 Å². The van der Waals surface area contributed by atoms with Gasteiger partial charge in [-0.2, -0.15) is 16.4 Å². The van der Waals surface area contributed by atoms with E-state index in [9.17, 15) is 10.2 Å². The second-order valence-electron chi connectivity index (χ2n) is 4.11. The molecule has 98 valence electrons. The summed E-state index contributed by atoms with van der Waals surface area (Å²) < 4.78 is 1.68. The van der Waals surface area contributed by atoms with Gasteiger partial charge < -0.3 is 15.5 Å². The van der Waals surface area contributed by atoms with Crippen LogP contribution in [0.2, 0.25) is 0 Å². The molecule has 0 aliphatic heterocycles. The fourth-order valence-electron chi connectivity index (χ4n) is 1.66. The van der Waals surface area contributed by atoms with Crippen molar-refractivity contribution in [1.82, 2.24) is 15.1 Å². The van der Waals surface area contributed by atoms with Crippen LogP contribution in [0.5, 0.6) is 0 Å². The molecule has 0 aromatic carbocycles. The Balaban J connectivity index is 1.66. The lowest BCUT2D eigenvalue weighted by molar-refractivity contribution is 0.131. The summed E-state index contributed by atoms with van der Waals surface area (Å²) in [4.78, 5) is 0. The minimum absolute atomic E-state index is 0.432. The normalized spacial score (nSPS) is 14.6. The zero-order chi connectivity index (χ0) is 12.8. The zero-order valence-corrected chi connectivity index (χ0v) is 10.8. The van der Waals surface area contributed by atoms with Gasteiger partial charge in [-0.05, 0) is 28.5 Å². The lowest BCUT2D eigenvalue weighted by Crippen LogP contribution is -2.32. The largest absolute Gasteiger partial charge is 0.390 e. The third-order valence-electron chi connectivity index (χ3n) is 2.60. The van der Waals surface area contributed by atoms with E-state index in [-0.39, 0.29) is 0 Å². The van der Waals surface area contributed by atoms with E-state index >= 15 is 0 Å². The maximum Gasteiger partial charge on any atom is 0.0922 e. The van der Waals surface area contributed by atoms with E-state index in [1.807, 2.05) is 29.1 Å². The third-order valence-corrected chi connectivity index (χ3v) is 3.30. The topological polar surface area (TPSA) is 70.3 Å². The Hall–Kier alpha value is -1.21. The first-order valence-electron chi connectivity index (χ1n) is 5.82. The monoisotopic (exact) mass is 267 g/mol. The Morgan fingerprint density at radius 1 is 1.39 bits per heavy atom. The van der Waals surface area contributed by atoms with Crippen LogP contribution in [0.15, 0.2) is 35.3 Å². The molecule has 18 heavy (non-hydrogen) atoms. The van der Waals surface area contributed by atoms with Crippen LogP contribution in [0.1, 0.15) is 11.7 Å². The average Bonchev–Trinajstić information content (AvgIpc) is 3.00. The fraction of sp³-hybridized carbons (Fsp3) is 0.417. The molecule has 5 nitrogen and oxygen atoms in total. The highest BCUT2D eigenvalue weighted by Crippen LogP contribution is 2.14. The molecule has 0 bridgehead atoms. The first-order chi connectivity index (χ1) is 8.75.